The Balaban J connectivity index is 2.43. The average Bonchev–Trinajstić information content (AvgIpc) is 2.36. The zero-order valence-corrected chi connectivity index (χ0v) is 12.8. The molecule has 1 fully saturated rings. The van der Waals surface area contributed by atoms with E-state index in [4.69, 9.17) is 14.2 Å². The molecule has 4 atom stereocenters. The minimum Gasteiger partial charge on any atom is -0.462 e. The molecule has 118 valence electrons. The van der Waals surface area contributed by atoms with Crippen LogP contribution in [0, 0.1) is 0 Å². The van der Waals surface area contributed by atoms with Gasteiger partial charge in [-0.3, -0.25) is 4.79 Å². The maximum atomic E-state index is 11.2. The predicted octanol–water partition coefficient (Wildman–Crippen LogP) is 2.40. The lowest BCUT2D eigenvalue weighted by Crippen LogP contribution is -2.35. The molecule has 1 aliphatic heterocycles. The first kappa shape index (κ1) is 17.4. The van der Waals surface area contributed by atoms with Gasteiger partial charge in [0.2, 0.25) is 0 Å². The van der Waals surface area contributed by atoms with Crippen molar-refractivity contribution in [3.63, 3.8) is 0 Å². The summed E-state index contributed by atoms with van der Waals surface area (Å²) in [6.07, 6.45) is 4.07. The molecular weight excluding hydrogens is 260 g/mol. The van der Waals surface area contributed by atoms with Crippen LogP contribution in [0.2, 0.25) is 0 Å². The molecule has 0 aromatic carbocycles. The summed E-state index contributed by atoms with van der Waals surface area (Å²) in [5, 5.41) is 9.36. The Labute approximate surface area is 121 Å². The van der Waals surface area contributed by atoms with Gasteiger partial charge >= 0.3 is 5.97 Å². The SMILES string of the molecule is CCCC1OCCC(CC(CCC(C)O)OC(C)=O)O1. The van der Waals surface area contributed by atoms with Crippen LogP contribution in [0.3, 0.4) is 0 Å². The Kier molecular flexibility index (Phi) is 8.11. The summed E-state index contributed by atoms with van der Waals surface area (Å²) in [6.45, 7) is 5.95. The smallest absolute Gasteiger partial charge is 0.302 e. The lowest BCUT2D eigenvalue weighted by atomic mass is 10.0. The van der Waals surface area contributed by atoms with E-state index >= 15 is 0 Å². The van der Waals surface area contributed by atoms with E-state index < -0.39 is 0 Å². The number of hydrogen-bond donors (Lipinski definition) is 1. The van der Waals surface area contributed by atoms with Crippen molar-refractivity contribution in [3.8, 4) is 0 Å². The van der Waals surface area contributed by atoms with Crippen LogP contribution in [0.25, 0.3) is 0 Å². The van der Waals surface area contributed by atoms with E-state index in [-0.39, 0.29) is 30.6 Å². The summed E-state index contributed by atoms with van der Waals surface area (Å²) in [6, 6.07) is 0. The molecule has 0 spiro atoms. The van der Waals surface area contributed by atoms with Gasteiger partial charge in [0.25, 0.3) is 0 Å². The van der Waals surface area contributed by atoms with Crippen molar-refractivity contribution in [1.82, 2.24) is 0 Å². The Morgan fingerprint density at radius 2 is 2.20 bits per heavy atom. The van der Waals surface area contributed by atoms with Gasteiger partial charge < -0.3 is 19.3 Å². The van der Waals surface area contributed by atoms with Crippen LogP contribution < -0.4 is 0 Å². The van der Waals surface area contributed by atoms with E-state index in [0.717, 1.165) is 19.3 Å². The highest BCUT2D eigenvalue weighted by molar-refractivity contribution is 5.66. The van der Waals surface area contributed by atoms with Crippen molar-refractivity contribution in [2.45, 2.75) is 83.9 Å². The fourth-order valence-corrected chi connectivity index (χ4v) is 2.39. The Hall–Kier alpha value is -0.650. The Morgan fingerprint density at radius 1 is 1.45 bits per heavy atom. The summed E-state index contributed by atoms with van der Waals surface area (Å²) >= 11 is 0. The van der Waals surface area contributed by atoms with Gasteiger partial charge in [-0.2, -0.15) is 0 Å². The lowest BCUT2D eigenvalue weighted by Gasteiger charge is -2.32. The van der Waals surface area contributed by atoms with Crippen LogP contribution >= 0.6 is 0 Å². The van der Waals surface area contributed by atoms with Gasteiger partial charge in [0.1, 0.15) is 6.10 Å². The summed E-state index contributed by atoms with van der Waals surface area (Å²) in [5.74, 6) is -0.280. The second-order valence-electron chi connectivity index (χ2n) is 5.53. The van der Waals surface area contributed by atoms with Crippen molar-refractivity contribution in [2.24, 2.45) is 0 Å². The first-order valence-electron chi connectivity index (χ1n) is 7.63. The van der Waals surface area contributed by atoms with Gasteiger partial charge in [-0.25, -0.2) is 0 Å². The van der Waals surface area contributed by atoms with E-state index in [0.29, 0.717) is 25.9 Å². The number of ether oxygens (including phenoxy) is 3. The Morgan fingerprint density at radius 3 is 2.80 bits per heavy atom. The van der Waals surface area contributed by atoms with Crippen LogP contribution in [0.15, 0.2) is 0 Å². The summed E-state index contributed by atoms with van der Waals surface area (Å²) in [4.78, 5) is 11.2. The van der Waals surface area contributed by atoms with Gasteiger partial charge in [0.15, 0.2) is 6.29 Å². The second-order valence-corrected chi connectivity index (χ2v) is 5.53. The number of rotatable bonds is 8. The standard InChI is InChI=1S/C15H28O5/c1-4-5-15-18-9-8-14(20-15)10-13(19-12(3)17)7-6-11(2)16/h11,13-16H,4-10H2,1-3H3. The molecule has 0 amide bonds. The van der Waals surface area contributed by atoms with Crippen LogP contribution in [-0.2, 0) is 19.0 Å². The molecule has 1 rings (SSSR count). The number of carbonyl (C=O) groups is 1. The molecule has 4 unspecified atom stereocenters. The molecule has 1 aliphatic rings. The normalized spacial score (nSPS) is 26.0. The van der Waals surface area contributed by atoms with E-state index in [2.05, 4.69) is 6.92 Å². The largest absolute Gasteiger partial charge is 0.462 e. The number of hydrogen-bond acceptors (Lipinski definition) is 5. The van der Waals surface area contributed by atoms with E-state index in [1.807, 2.05) is 0 Å². The molecule has 1 saturated heterocycles. The van der Waals surface area contributed by atoms with Gasteiger partial charge in [-0.1, -0.05) is 13.3 Å². The van der Waals surface area contributed by atoms with Gasteiger partial charge in [0.05, 0.1) is 18.8 Å². The molecule has 0 radical (unpaired) electrons. The van der Waals surface area contributed by atoms with Crippen LogP contribution in [0.1, 0.15) is 59.3 Å². The predicted molar refractivity (Wildman–Crippen MR) is 75.2 cm³/mol. The fourth-order valence-electron chi connectivity index (χ4n) is 2.39. The van der Waals surface area contributed by atoms with E-state index in [1.165, 1.54) is 6.92 Å². The van der Waals surface area contributed by atoms with Crippen molar-refractivity contribution < 1.29 is 24.1 Å². The number of aliphatic hydroxyl groups is 1. The van der Waals surface area contributed by atoms with Crippen molar-refractivity contribution in [1.29, 1.82) is 0 Å². The van der Waals surface area contributed by atoms with Gasteiger partial charge in [0, 0.05) is 13.3 Å². The van der Waals surface area contributed by atoms with Crippen molar-refractivity contribution >= 4 is 5.97 Å². The molecule has 0 aromatic rings. The highest BCUT2D eigenvalue weighted by atomic mass is 16.7. The third-order valence-corrected chi connectivity index (χ3v) is 3.38. The summed E-state index contributed by atoms with van der Waals surface area (Å²) < 4.78 is 16.7. The maximum Gasteiger partial charge on any atom is 0.302 e. The van der Waals surface area contributed by atoms with Crippen LogP contribution in [-0.4, -0.2) is 42.3 Å². The van der Waals surface area contributed by atoms with Crippen LogP contribution in [0.5, 0.6) is 0 Å². The highest BCUT2D eigenvalue weighted by Crippen LogP contribution is 2.22. The molecule has 5 nitrogen and oxygen atoms in total. The fraction of sp³-hybridized carbons (Fsp3) is 0.933. The summed E-state index contributed by atoms with van der Waals surface area (Å²) in [7, 11) is 0. The molecule has 20 heavy (non-hydrogen) atoms. The zero-order valence-electron chi connectivity index (χ0n) is 12.8. The third-order valence-electron chi connectivity index (χ3n) is 3.38. The summed E-state index contributed by atoms with van der Waals surface area (Å²) in [5.41, 5.74) is 0. The monoisotopic (exact) mass is 288 g/mol. The first-order valence-corrected chi connectivity index (χ1v) is 7.63. The minimum absolute atomic E-state index is 0.0682. The van der Waals surface area contributed by atoms with Crippen molar-refractivity contribution in [3.05, 3.63) is 0 Å². The Bertz CT molecular complexity index is 277. The minimum atomic E-state index is -0.378. The maximum absolute atomic E-state index is 11.2. The number of carbonyl (C=O) groups excluding carboxylic acids is 1. The second kappa shape index (κ2) is 9.32. The molecular formula is C15H28O5. The molecule has 0 aromatic heterocycles. The topological polar surface area (TPSA) is 65.0 Å². The van der Waals surface area contributed by atoms with Crippen molar-refractivity contribution in [2.75, 3.05) is 6.61 Å². The lowest BCUT2D eigenvalue weighted by molar-refractivity contribution is -0.221. The molecule has 0 saturated carbocycles. The van der Waals surface area contributed by atoms with E-state index in [1.54, 1.807) is 6.92 Å². The molecule has 1 heterocycles. The zero-order chi connectivity index (χ0) is 15.0. The quantitative estimate of drug-likeness (QED) is 0.695. The molecule has 1 N–H and O–H groups in total. The third kappa shape index (κ3) is 7.22. The van der Waals surface area contributed by atoms with Gasteiger partial charge in [-0.15, -0.1) is 0 Å². The molecule has 0 bridgehead atoms. The number of aliphatic hydroxyl groups excluding tert-OH is 1. The molecule has 5 heteroatoms. The number of esters is 1. The van der Waals surface area contributed by atoms with Crippen LogP contribution in [0.4, 0.5) is 0 Å². The average molecular weight is 288 g/mol. The highest BCUT2D eigenvalue weighted by Gasteiger charge is 2.26. The first-order chi connectivity index (χ1) is 9.51. The van der Waals surface area contributed by atoms with Gasteiger partial charge in [-0.05, 0) is 32.6 Å². The van der Waals surface area contributed by atoms with E-state index in [9.17, 15) is 9.90 Å². The molecule has 0 aliphatic carbocycles.